The van der Waals surface area contributed by atoms with E-state index in [2.05, 4.69) is 91.5 Å². The normalized spacial score (nSPS) is 23.3. The molecule has 3 aromatic carbocycles. The summed E-state index contributed by atoms with van der Waals surface area (Å²) in [7, 11) is 0. The van der Waals surface area contributed by atoms with E-state index in [1.165, 1.54) is 33.5 Å². The topological polar surface area (TPSA) is 3.24 Å². The number of rotatable bonds is 2. The fourth-order valence-electron chi connectivity index (χ4n) is 4.97. The molecule has 0 fully saturated rings. The maximum absolute atomic E-state index is 2.64. The van der Waals surface area contributed by atoms with Crippen molar-refractivity contribution in [2.45, 2.75) is 38.3 Å². The van der Waals surface area contributed by atoms with Crippen molar-refractivity contribution in [1.29, 1.82) is 0 Å². The van der Waals surface area contributed by atoms with Gasteiger partial charge in [-0.05, 0) is 41.2 Å². The summed E-state index contributed by atoms with van der Waals surface area (Å²) in [6, 6.07) is 27.4. The number of anilines is 1. The Morgan fingerprint density at radius 3 is 2.32 bits per heavy atom. The molecule has 1 aliphatic heterocycles. The van der Waals surface area contributed by atoms with Crippen molar-refractivity contribution in [2.24, 2.45) is 0 Å². The Bertz CT molecular complexity index is 928. The zero-order valence-corrected chi connectivity index (χ0v) is 14.8. The van der Waals surface area contributed by atoms with Gasteiger partial charge in [0.2, 0.25) is 0 Å². The lowest BCUT2D eigenvalue weighted by atomic mass is 9.87. The summed E-state index contributed by atoms with van der Waals surface area (Å²) >= 11 is 0. The van der Waals surface area contributed by atoms with Crippen LogP contribution in [0, 0.1) is 6.92 Å². The summed E-state index contributed by atoms with van der Waals surface area (Å²) < 4.78 is 0. The summed E-state index contributed by atoms with van der Waals surface area (Å²) in [4.78, 5) is 2.64. The molecular formula is C24H23N. The quantitative estimate of drug-likeness (QED) is 0.562. The van der Waals surface area contributed by atoms with Gasteiger partial charge < -0.3 is 4.90 Å². The van der Waals surface area contributed by atoms with Gasteiger partial charge in [-0.1, -0.05) is 79.2 Å². The molecule has 124 valence electrons. The summed E-state index contributed by atoms with van der Waals surface area (Å²) in [5.41, 5.74) is 8.75. The van der Waals surface area contributed by atoms with Crippen molar-refractivity contribution < 1.29 is 0 Å². The van der Waals surface area contributed by atoms with Crippen LogP contribution in [0.1, 0.15) is 52.6 Å². The highest BCUT2D eigenvalue weighted by Crippen LogP contribution is 2.60. The standard InChI is InChI=1S/C24H23N/c1-16-12-13-22-21(14-16)23-17(2)19-10-6-7-11-20(19)24(23)25(22)15-18-8-4-3-5-9-18/h3-14,17,23-24H,15H2,1-2H3. The van der Waals surface area contributed by atoms with E-state index in [1.54, 1.807) is 0 Å². The molecule has 3 unspecified atom stereocenters. The first-order chi connectivity index (χ1) is 12.2. The van der Waals surface area contributed by atoms with E-state index in [-0.39, 0.29) is 0 Å². The van der Waals surface area contributed by atoms with Crippen molar-refractivity contribution in [3.05, 3.63) is 101 Å². The molecule has 5 rings (SSSR count). The fraction of sp³-hybridized carbons (Fsp3) is 0.250. The van der Waals surface area contributed by atoms with Crippen LogP contribution in [0.3, 0.4) is 0 Å². The molecule has 0 aromatic heterocycles. The van der Waals surface area contributed by atoms with Gasteiger partial charge in [0.05, 0.1) is 6.04 Å². The van der Waals surface area contributed by atoms with Crippen molar-refractivity contribution >= 4 is 5.69 Å². The molecule has 0 amide bonds. The second-order valence-corrected chi connectivity index (χ2v) is 7.56. The first-order valence-electron chi connectivity index (χ1n) is 9.24. The number of aryl methyl sites for hydroxylation is 1. The van der Waals surface area contributed by atoms with Crippen molar-refractivity contribution in [3.8, 4) is 0 Å². The molecule has 0 bridgehead atoms. The Hall–Kier alpha value is -2.54. The third kappa shape index (κ3) is 2.15. The van der Waals surface area contributed by atoms with E-state index in [1.807, 2.05) is 0 Å². The van der Waals surface area contributed by atoms with Crippen molar-refractivity contribution in [2.75, 3.05) is 4.90 Å². The summed E-state index contributed by atoms with van der Waals surface area (Å²) in [6.07, 6.45) is 0. The zero-order chi connectivity index (χ0) is 17.0. The largest absolute Gasteiger partial charge is 0.359 e. The Morgan fingerprint density at radius 2 is 1.52 bits per heavy atom. The van der Waals surface area contributed by atoms with Gasteiger partial charge in [-0.2, -0.15) is 0 Å². The third-order valence-corrected chi connectivity index (χ3v) is 6.07. The SMILES string of the molecule is Cc1ccc2c(c1)C1C(C)c3ccccc3C1N2Cc1ccccc1. The van der Waals surface area contributed by atoms with Crippen LogP contribution in [0.4, 0.5) is 5.69 Å². The first-order valence-corrected chi connectivity index (χ1v) is 9.24. The Labute approximate surface area is 149 Å². The first kappa shape index (κ1) is 14.8. The second-order valence-electron chi connectivity index (χ2n) is 7.56. The van der Waals surface area contributed by atoms with Gasteiger partial charge >= 0.3 is 0 Å². The molecule has 0 spiro atoms. The van der Waals surface area contributed by atoms with E-state index >= 15 is 0 Å². The average molecular weight is 325 g/mol. The lowest BCUT2D eigenvalue weighted by Gasteiger charge is -2.28. The summed E-state index contributed by atoms with van der Waals surface area (Å²) in [6.45, 7) is 5.59. The molecule has 3 atom stereocenters. The average Bonchev–Trinajstić information content (AvgIpc) is 3.10. The van der Waals surface area contributed by atoms with E-state index in [0.29, 0.717) is 17.9 Å². The van der Waals surface area contributed by atoms with Gasteiger partial charge in [-0.25, -0.2) is 0 Å². The molecular weight excluding hydrogens is 302 g/mol. The maximum Gasteiger partial charge on any atom is 0.0624 e. The van der Waals surface area contributed by atoms with E-state index < -0.39 is 0 Å². The lowest BCUT2D eigenvalue weighted by Crippen LogP contribution is -2.24. The predicted octanol–water partition coefficient (Wildman–Crippen LogP) is 5.96. The molecule has 0 radical (unpaired) electrons. The number of hydrogen-bond donors (Lipinski definition) is 0. The number of nitrogens with zero attached hydrogens (tertiary/aromatic N) is 1. The minimum absolute atomic E-state index is 0.461. The molecule has 2 aliphatic rings. The molecule has 1 heterocycles. The second kappa shape index (κ2) is 5.49. The highest BCUT2D eigenvalue weighted by atomic mass is 15.2. The monoisotopic (exact) mass is 325 g/mol. The van der Waals surface area contributed by atoms with Crippen LogP contribution in [0.15, 0.2) is 72.8 Å². The van der Waals surface area contributed by atoms with Crippen LogP contribution in [0.2, 0.25) is 0 Å². The number of hydrogen-bond acceptors (Lipinski definition) is 1. The molecule has 1 heteroatoms. The Morgan fingerprint density at radius 1 is 0.800 bits per heavy atom. The molecule has 0 saturated heterocycles. The van der Waals surface area contributed by atoms with E-state index in [0.717, 1.165) is 6.54 Å². The smallest absolute Gasteiger partial charge is 0.0624 e. The molecule has 3 aromatic rings. The van der Waals surface area contributed by atoms with Gasteiger partial charge in [0, 0.05) is 18.2 Å². The van der Waals surface area contributed by atoms with E-state index in [4.69, 9.17) is 0 Å². The van der Waals surface area contributed by atoms with Crippen LogP contribution in [0.25, 0.3) is 0 Å². The van der Waals surface area contributed by atoms with Crippen LogP contribution in [0.5, 0.6) is 0 Å². The van der Waals surface area contributed by atoms with Crippen molar-refractivity contribution in [3.63, 3.8) is 0 Å². The van der Waals surface area contributed by atoms with E-state index in [9.17, 15) is 0 Å². The van der Waals surface area contributed by atoms with Gasteiger partial charge in [0.25, 0.3) is 0 Å². The van der Waals surface area contributed by atoms with Crippen LogP contribution in [-0.2, 0) is 6.54 Å². The van der Waals surface area contributed by atoms with Gasteiger partial charge in [-0.3, -0.25) is 0 Å². The summed E-state index contributed by atoms with van der Waals surface area (Å²) in [5.74, 6) is 1.14. The molecule has 0 saturated carbocycles. The number of benzene rings is 3. The zero-order valence-electron chi connectivity index (χ0n) is 14.8. The summed E-state index contributed by atoms with van der Waals surface area (Å²) in [5, 5.41) is 0. The fourth-order valence-corrected chi connectivity index (χ4v) is 4.97. The molecule has 25 heavy (non-hydrogen) atoms. The minimum Gasteiger partial charge on any atom is -0.359 e. The third-order valence-electron chi connectivity index (χ3n) is 6.07. The highest BCUT2D eigenvalue weighted by Gasteiger charge is 2.48. The van der Waals surface area contributed by atoms with Gasteiger partial charge in [0.15, 0.2) is 0 Å². The maximum atomic E-state index is 2.64. The Balaban J connectivity index is 1.67. The number of fused-ring (bicyclic) bond motifs is 5. The Kier molecular flexibility index (Phi) is 3.24. The predicted molar refractivity (Wildman–Crippen MR) is 104 cm³/mol. The van der Waals surface area contributed by atoms with Gasteiger partial charge in [-0.15, -0.1) is 0 Å². The molecule has 1 nitrogen and oxygen atoms in total. The molecule has 1 aliphatic carbocycles. The lowest BCUT2D eigenvalue weighted by molar-refractivity contribution is 0.533. The highest BCUT2D eigenvalue weighted by molar-refractivity contribution is 5.68. The van der Waals surface area contributed by atoms with Gasteiger partial charge in [0.1, 0.15) is 0 Å². The van der Waals surface area contributed by atoms with Crippen LogP contribution in [-0.4, -0.2) is 0 Å². The van der Waals surface area contributed by atoms with Crippen LogP contribution < -0.4 is 4.90 Å². The van der Waals surface area contributed by atoms with Crippen LogP contribution >= 0.6 is 0 Å². The van der Waals surface area contributed by atoms with Crippen molar-refractivity contribution in [1.82, 2.24) is 0 Å². The molecule has 0 N–H and O–H groups in total. The minimum atomic E-state index is 0.461.